The monoisotopic (exact) mass is 353 g/mol. The van der Waals surface area contributed by atoms with Gasteiger partial charge in [-0.3, -0.25) is 4.79 Å². The Morgan fingerprint density at radius 3 is 2.71 bits per heavy atom. The molecule has 114 valence electrons. The summed E-state index contributed by atoms with van der Waals surface area (Å²) in [5.41, 5.74) is 0.314. The Morgan fingerprint density at radius 2 is 2.14 bits per heavy atom. The lowest BCUT2D eigenvalue weighted by Crippen LogP contribution is -2.56. The first-order valence-electron chi connectivity index (χ1n) is 7.16. The second-order valence-corrected chi connectivity index (χ2v) is 6.86. The maximum Gasteiger partial charge on any atom is 0.329 e. The van der Waals surface area contributed by atoms with Crippen LogP contribution in [-0.2, 0) is 4.79 Å². The molecular weight excluding hydrogens is 334 g/mol. The van der Waals surface area contributed by atoms with Gasteiger partial charge in [0.15, 0.2) is 0 Å². The molecular formula is C16H20BrNO3. The molecule has 1 aromatic rings. The number of carboxylic acids is 1. The van der Waals surface area contributed by atoms with Gasteiger partial charge < -0.3 is 10.4 Å². The van der Waals surface area contributed by atoms with Crippen molar-refractivity contribution < 1.29 is 14.7 Å². The second-order valence-electron chi connectivity index (χ2n) is 6.01. The van der Waals surface area contributed by atoms with Crippen LogP contribution in [0.15, 0.2) is 22.7 Å². The van der Waals surface area contributed by atoms with Crippen LogP contribution in [0.3, 0.4) is 0 Å². The fraction of sp³-hybridized carbons (Fsp3) is 0.500. The predicted octanol–water partition coefficient (Wildman–Crippen LogP) is 3.52. The molecule has 0 aromatic heterocycles. The third-order valence-electron chi connectivity index (χ3n) is 4.18. The van der Waals surface area contributed by atoms with E-state index >= 15 is 0 Å². The number of amides is 1. The van der Waals surface area contributed by atoms with Crippen LogP contribution in [0.25, 0.3) is 0 Å². The molecule has 0 bridgehead atoms. The van der Waals surface area contributed by atoms with Crippen LogP contribution < -0.4 is 5.32 Å². The number of carboxylic acid groups (broad SMARTS) is 1. The summed E-state index contributed by atoms with van der Waals surface area (Å²) < 4.78 is 0.929. The van der Waals surface area contributed by atoms with Crippen LogP contribution in [0.5, 0.6) is 0 Å². The van der Waals surface area contributed by atoms with Gasteiger partial charge in [0.05, 0.1) is 0 Å². The van der Waals surface area contributed by atoms with Crippen molar-refractivity contribution in [3.63, 3.8) is 0 Å². The number of nitrogens with one attached hydrogen (secondary N) is 1. The van der Waals surface area contributed by atoms with Crippen molar-refractivity contribution in [2.45, 2.75) is 45.1 Å². The zero-order valence-corrected chi connectivity index (χ0v) is 13.9. The number of hydrogen-bond acceptors (Lipinski definition) is 2. The van der Waals surface area contributed by atoms with Crippen molar-refractivity contribution in [1.82, 2.24) is 5.32 Å². The number of aliphatic carboxylic acids is 1. The lowest BCUT2D eigenvalue weighted by molar-refractivity contribution is -0.146. The molecule has 2 unspecified atom stereocenters. The highest BCUT2D eigenvalue weighted by Gasteiger charge is 2.43. The molecule has 1 aromatic carbocycles. The summed E-state index contributed by atoms with van der Waals surface area (Å²) in [6.45, 7) is 3.93. The van der Waals surface area contributed by atoms with Gasteiger partial charge in [-0.25, -0.2) is 4.79 Å². The summed E-state index contributed by atoms with van der Waals surface area (Å²) in [5.74, 6) is -0.944. The van der Waals surface area contributed by atoms with Crippen LogP contribution in [0.1, 0.15) is 48.5 Å². The molecule has 2 rings (SSSR count). The minimum absolute atomic E-state index is 0.307. The number of halogens is 1. The Kier molecular flexibility index (Phi) is 4.71. The van der Waals surface area contributed by atoms with E-state index in [1.165, 1.54) is 0 Å². The maximum absolute atomic E-state index is 12.4. The summed E-state index contributed by atoms with van der Waals surface area (Å²) in [6.07, 6.45) is 2.83. The van der Waals surface area contributed by atoms with E-state index in [1.54, 1.807) is 18.2 Å². The first-order chi connectivity index (χ1) is 9.84. The highest BCUT2D eigenvalue weighted by atomic mass is 79.9. The van der Waals surface area contributed by atoms with Gasteiger partial charge in [0.1, 0.15) is 5.54 Å². The van der Waals surface area contributed by atoms with Gasteiger partial charge in [-0.2, -0.15) is 0 Å². The molecule has 1 fully saturated rings. The van der Waals surface area contributed by atoms with Crippen LogP contribution in [-0.4, -0.2) is 22.5 Å². The summed E-state index contributed by atoms with van der Waals surface area (Å²) in [6, 6.07) is 5.27. The number of rotatable bonds is 3. The number of benzene rings is 1. The average molecular weight is 354 g/mol. The standard InChI is InChI=1S/C16H20BrNO3/c1-10-4-3-7-16(9-10,15(20)21)18-14(19)12-5-6-13(17)11(2)8-12/h5-6,8,10H,3-4,7,9H2,1-2H3,(H,18,19)(H,20,21). The van der Waals surface area contributed by atoms with E-state index in [4.69, 9.17) is 0 Å². The molecule has 0 spiro atoms. The molecule has 1 aliphatic carbocycles. The van der Waals surface area contributed by atoms with Crippen molar-refractivity contribution in [3.8, 4) is 0 Å². The van der Waals surface area contributed by atoms with Crippen molar-refractivity contribution in [2.24, 2.45) is 5.92 Å². The van der Waals surface area contributed by atoms with Crippen LogP contribution >= 0.6 is 15.9 Å². The smallest absolute Gasteiger partial charge is 0.329 e. The molecule has 2 N–H and O–H groups in total. The van der Waals surface area contributed by atoms with E-state index in [9.17, 15) is 14.7 Å². The number of hydrogen-bond donors (Lipinski definition) is 2. The molecule has 4 nitrogen and oxygen atoms in total. The Hall–Kier alpha value is -1.36. The first kappa shape index (κ1) is 16.0. The zero-order valence-electron chi connectivity index (χ0n) is 12.3. The summed E-state index contributed by atoms with van der Waals surface area (Å²) >= 11 is 3.39. The SMILES string of the molecule is Cc1cc(C(=O)NC2(C(=O)O)CCCC(C)C2)ccc1Br. The molecule has 0 saturated heterocycles. The molecule has 1 aliphatic rings. The molecule has 1 saturated carbocycles. The molecule has 21 heavy (non-hydrogen) atoms. The van der Waals surface area contributed by atoms with Gasteiger partial charge in [-0.05, 0) is 49.4 Å². The summed E-state index contributed by atoms with van der Waals surface area (Å²) in [4.78, 5) is 24.1. The van der Waals surface area contributed by atoms with Crippen molar-refractivity contribution in [1.29, 1.82) is 0 Å². The van der Waals surface area contributed by atoms with E-state index < -0.39 is 11.5 Å². The Bertz CT molecular complexity index is 573. The van der Waals surface area contributed by atoms with E-state index in [0.717, 1.165) is 22.9 Å². The quantitative estimate of drug-likeness (QED) is 0.873. The minimum Gasteiger partial charge on any atom is -0.480 e. The molecule has 5 heteroatoms. The van der Waals surface area contributed by atoms with Gasteiger partial charge in [-0.15, -0.1) is 0 Å². The Morgan fingerprint density at radius 1 is 1.43 bits per heavy atom. The van der Waals surface area contributed by atoms with Gasteiger partial charge in [-0.1, -0.05) is 35.7 Å². The fourth-order valence-electron chi connectivity index (χ4n) is 2.99. The Balaban J connectivity index is 2.22. The highest BCUT2D eigenvalue weighted by molar-refractivity contribution is 9.10. The van der Waals surface area contributed by atoms with Crippen molar-refractivity contribution >= 4 is 27.8 Å². The Labute approximate surface area is 133 Å². The van der Waals surface area contributed by atoms with Crippen LogP contribution in [0.2, 0.25) is 0 Å². The number of aryl methyl sites for hydroxylation is 1. The molecule has 0 heterocycles. The number of carbonyl (C=O) groups excluding carboxylic acids is 1. The van der Waals surface area contributed by atoms with E-state index in [0.29, 0.717) is 24.3 Å². The molecule has 0 aliphatic heterocycles. The van der Waals surface area contributed by atoms with E-state index in [1.807, 2.05) is 13.8 Å². The third-order valence-corrected chi connectivity index (χ3v) is 5.07. The summed E-state index contributed by atoms with van der Waals surface area (Å²) in [5, 5.41) is 12.4. The molecule has 2 atom stereocenters. The topological polar surface area (TPSA) is 66.4 Å². The summed E-state index contributed by atoms with van der Waals surface area (Å²) in [7, 11) is 0. The van der Waals surface area contributed by atoms with E-state index in [2.05, 4.69) is 21.2 Å². The minimum atomic E-state index is -1.13. The van der Waals surface area contributed by atoms with Gasteiger partial charge >= 0.3 is 5.97 Å². The van der Waals surface area contributed by atoms with Crippen molar-refractivity contribution in [3.05, 3.63) is 33.8 Å². The molecule has 1 amide bonds. The fourth-order valence-corrected chi connectivity index (χ4v) is 3.23. The van der Waals surface area contributed by atoms with E-state index in [-0.39, 0.29) is 5.91 Å². The number of carbonyl (C=O) groups is 2. The van der Waals surface area contributed by atoms with Gasteiger partial charge in [0.25, 0.3) is 5.91 Å². The van der Waals surface area contributed by atoms with Crippen molar-refractivity contribution in [2.75, 3.05) is 0 Å². The largest absolute Gasteiger partial charge is 0.480 e. The molecule has 0 radical (unpaired) electrons. The lowest BCUT2D eigenvalue weighted by Gasteiger charge is -2.37. The third kappa shape index (κ3) is 3.46. The maximum atomic E-state index is 12.4. The first-order valence-corrected chi connectivity index (χ1v) is 7.95. The normalized spacial score (nSPS) is 25.4. The van der Waals surface area contributed by atoms with Gasteiger partial charge in [0, 0.05) is 10.0 Å². The highest BCUT2D eigenvalue weighted by Crippen LogP contribution is 2.33. The zero-order chi connectivity index (χ0) is 15.6. The lowest BCUT2D eigenvalue weighted by atomic mass is 9.76. The van der Waals surface area contributed by atoms with Crippen LogP contribution in [0.4, 0.5) is 0 Å². The second kappa shape index (κ2) is 6.18. The van der Waals surface area contributed by atoms with Crippen LogP contribution in [0, 0.1) is 12.8 Å². The van der Waals surface area contributed by atoms with Gasteiger partial charge in [0.2, 0.25) is 0 Å². The average Bonchev–Trinajstić information content (AvgIpc) is 2.41. The predicted molar refractivity (Wildman–Crippen MR) is 84.3 cm³/mol.